The normalized spacial score (nSPS) is 12.0. The van der Waals surface area contributed by atoms with Crippen molar-refractivity contribution >= 4 is 40.9 Å². The Morgan fingerprint density at radius 2 is 2.12 bits per heavy atom. The van der Waals surface area contributed by atoms with Crippen molar-refractivity contribution in [2.45, 2.75) is 32.6 Å². The van der Waals surface area contributed by atoms with E-state index >= 15 is 0 Å². The van der Waals surface area contributed by atoms with E-state index in [0.29, 0.717) is 27.5 Å². The summed E-state index contributed by atoms with van der Waals surface area (Å²) in [7, 11) is 0. The van der Waals surface area contributed by atoms with Gasteiger partial charge < -0.3 is 0 Å². The molecule has 9 nitrogen and oxygen atoms in total. The molecule has 1 aromatic heterocycles. The lowest BCUT2D eigenvalue weighted by Crippen LogP contribution is -2.46. The van der Waals surface area contributed by atoms with Crippen molar-refractivity contribution in [3.8, 4) is 0 Å². The van der Waals surface area contributed by atoms with Gasteiger partial charge in [0.25, 0.3) is 5.95 Å². The second kappa shape index (κ2) is 9.37. The molecule has 3 N–H and O–H groups in total. The summed E-state index contributed by atoms with van der Waals surface area (Å²) >= 11 is 5.94. The maximum Gasteiger partial charge on any atom is 0.267 e. The Morgan fingerprint density at radius 1 is 1.35 bits per heavy atom. The minimum Gasteiger partial charge on any atom is -0.286 e. The van der Waals surface area contributed by atoms with Gasteiger partial charge in [-0.25, -0.2) is 20.9 Å². The fraction of sp³-hybridized carbons (Fsp3) is 0.438. The summed E-state index contributed by atoms with van der Waals surface area (Å²) in [4.78, 5) is 27.6. The highest BCUT2D eigenvalue weighted by Crippen LogP contribution is 2.19. The Labute approximate surface area is 155 Å². The van der Waals surface area contributed by atoms with Crippen LogP contribution in [0, 0.1) is 5.92 Å². The number of carbonyl (C=O) groups excluding carboxylic acids is 2. The van der Waals surface area contributed by atoms with Crippen LogP contribution < -0.4 is 10.9 Å². The number of hydrogen-bond donors (Lipinski definition) is 2. The van der Waals surface area contributed by atoms with Crippen LogP contribution in [0.3, 0.4) is 0 Å². The number of nitrogens with zero attached hydrogens (tertiary/aromatic N) is 5. The Bertz CT molecular complexity index is 775. The Kier molecular flexibility index (Phi) is 7.19. The molecule has 26 heavy (non-hydrogen) atoms. The topological polar surface area (TPSA) is 126 Å². The lowest BCUT2D eigenvalue weighted by atomic mass is 10.00. The Morgan fingerprint density at radius 3 is 2.81 bits per heavy atom. The first-order chi connectivity index (χ1) is 12.5. The molecule has 0 saturated heterocycles. The number of hydrogen-bond acceptors (Lipinski definition) is 7. The van der Waals surface area contributed by atoms with E-state index < -0.39 is 11.8 Å². The van der Waals surface area contributed by atoms with E-state index in [9.17, 15) is 14.8 Å². The standard InChI is InChI=1S/C16H21ClN6O3/c1-2-3-4-5-11(9-22(26)10-24)15(25)23(18)16-19-14-8-12(17)6-7-13(14)20-21-16/h6-8,10-11,26H,2-5,9,18H2,1H3/t11-/m1/s1. The molecule has 10 heteroatoms. The number of aromatic nitrogens is 3. The summed E-state index contributed by atoms with van der Waals surface area (Å²) in [6, 6.07) is 4.91. The highest BCUT2D eigenvalue weighted by atomic mass is 35.5. The van der Waals surface area contributed by atoms with Crippen molar-refractivity contribution in [1.29, 1.82) is 0 Å². The highest BCUT2D eigenvalue weighted by Gasteiger charge is 2.27. The van der Waals surface area contributed by atoms with Crippen molar-refractivity contribution in [2.24, 2.45) is 11.8 Å². The second-order valence-corrected chi connectivity index (χ2v) is 6.31. The van der Waals surface area contributed by atoms with Gasteiger partial charge in [0.05, 0.1) is 18.0 Å². The van der Waals surface area contributed by atoms with Gasteiger partial charge >= 0.3 is 0 Å². The van der Waals surface area contributed by atoms with E-state index in [2.05, 4.69) is 15.2 Å². The molecule has 1 heterocycles. The van der Waals surface area contributed by atoms with E-state index in [-0.39, 0.29) is 18.9 Å². The number of hydroxylamine groups is 2. The molecule has 0 aliphatic heterocycles. The fourth-order valence-electron chi connectivity index (χ4n) is 2.50. The zero-order valence-corrected chi connectivity index (χ0v) is 15.1. The quantitative estimate of drug-likeness (QED) is 0.170. The molecule has 2 aromatic rings. The predicted octanol–water partition coefficient (Wildman–Crippen LogP) is 1.93. The van der Waals surface area contributed by atoms with Gasteiger partial charge in [-0.05, 0) is 24.6 Å². The summed E-state index contributed by atoms with van der Waals surface area (Å²) < 4.78 is 0. The number of anilines is 1. The van der Waals surface area contributed by atoms with Crippen molar-refractivity contribution in [3.05, 3.63) is 23.2 Å². The van der Waals surface area contributed by atoms with Gasteiger partial charge in [-0.2, -0.15) is 0 Å². The molecule has 0 radical (unpaired) electrons. The Hall–Kier alpha value is -2.36. The lowest BCUT2D eigenvalue weighted by Gasteiger charge is -2.23. The van der Waals surface area contributed by atoms with Gasteiger partial charge in [-0.1, -0.05) is 37.8 Å². The summed E-state index contributed by atoms with van der Waals surface area (Å²) in [5.41, 5.74) is 0.964. The van der Waals surface area contributed by atoms with Gasteiger partial charge in [-0.15, -0.1) is 10.2 Å². The SMILES string of the molecule is CCCCC[C@H](CN(O)C=O)C(=O)N(N)c1nnc2ccc(Cl)cc2n1. The number of amides is 2. The van der Waals surface area contributed by atoms with Crippen molar-refractivity contribution in [1.82, 2.24) is 20.2 Å². The summed E-state index contributed by atoms with van der Waals surface area (Å²) in [5.74, 6) is 4.62. The van der Waals surface area contributed by atoms with E-state index in [1.807, 2.05) is 6.92 Å². The average molecular weight is 381 g/mol. The molecular formula is C16H21ClN6O3. The maximum absolute atomic E-state index is 12.7. The second-order valence-electron chi connectivity index (χ2n) is 5.87. The van der Waals surface area contributed by atoms with E-state index in [0.717, 1.165) is 24.3 Å². The number of halogens is 1. The average Bonchev–Trinajstić information content (AvgIpc) is 2.65. The predicted molar refractivity (Wildman–Crippen MR) is 96.2 cm³/mol. The third-order valence-electron chi connectivity index (χ3n) is 3.89. The van der Waals surface area contributed by atoms with Gasteiger partial charge in [-0.3, -0.25) is 14.8 Å². The van der Waals surface area contributed by atoms with Crippen LogP contribution in [0.2, 0.25) is 5.02 Å². The monoisotopic (exact) mass is 380 g/mol. The molecule has 0 unspecified atom stereocenters. The highest BCUT2D eigenvalue weighted by molar-refractivity contribution is 6.31. The van der Waals surface area contributed by atoms with Gasteiger partial charge in [0.15, 0.2) is 0 Å². The summed E-state index contributed by atoms with van der Waals surface area (Å²) in [6.07, 6.45) is 3.38. The maximum atomic E-state index is 12.7. The number of carbonyl (C=O) groups is 2. The minimum absolute atomic E-state index is 0.0825. The molecule has 0 aliphatic rings. The first-order valence-electron chi connectivity index (χ1n) is 8.25. The van der Waals surface area contributed by atoms with Gasteiger partial charge in [0.1, 0.15) is 5.52 Å². The van der Waals surface area contributed by atoms with Crippen LogP contribution in [-0.4, -0.2) is 44.3 Å². The third kappa shape index (κ3) is 5.07. The fourth-order valence-corrected chi connectivity index (χ4v) is 2.67. The number of hydrazine groups is 1. The van der Waals surface area contributed by atoms with Crippen LogP contribution in [0.1, 0.15) is 32.6 Å². The number of benzene rings is 1. The lowest BCUT2D eigenvalue weighted by molar-refractivity contribution is -0.154. The van der Waals surface area contributed by atoms with Crippen LogP contribution in [-0.2, 0) is 9.59 Å². The molecule has 0 aliphatic carbocycles. The molecular weight excluding hydrogens is 360 g/mol. The first-order valence-corrected chi connectivity index (χ1v) is 8.63. The van der Waals surface area contributed by atoms with E-state index in [4.69, 9.17) is 17.4 Å². The van der Waals surface area contributed by atoms with Gasteiger partial charge in [0.2, 0.25) is 12.3 Å². The third-order valence-corrected chi connectivity index (χ3v) is 4.13. The largest absolute Gasteiger partial charge is 0.286 e. The Balaban J connectivity index is 2.21. The molecule has 140 valence electrons. The van der Waals surface area contributed by atoms with Crippen LogP contribution in [0.4, 0.5) is 5.95 Å². The van der Waals surface area contributed by atoms with Crippen LogP contribution in [0.15, 0.2) is 18.2 Å². The molecule has 0 saturated carbocycles. The molecule has 2 rings (SSSR count). The molecule has 1 atom stereocenters. The number of rotatable bonds is 9. The minimum atomic E-state index is -0.680. The summed E-state index contributed by atoms with van der Waals surface area (Å²) in [5, 5.41) is 19.0. The molecule has 0 bridgehead atoms. The summed E-state index contributed by atoms with van der Waals surface area (Å²) in [6.45, 7) is 1.88. The molecule has 2 amide bonds. The molecule has 1 aromatic carbocycles. The zero-order valence-electron chi connectivity index (χ0n) is 14.4. The number of unbranched alkanes of at least 4 members (excludes halogenated alkanes) is 2. The molecule has 0 spiro atoms. The molecule has 0 fully saturated rings. The van der Waals surface area contributed by atoms with Crippen molar-refractivity contribution in [2.75, 3.05) is 11.6 Å². The first kappa shape index (κ1) is 20.0. The van der Waals surface area contributed by atoms with E-state index in [1.165, 1.54) is 0 Å². The van der Waals surface area contributed by atoms with E-state index in [1.54, 1.807) is 18.2 Å². The smallest absolute Gasteiger partial charge is 0.267 e. The van der Waals surface area contributed by atoms with Crippen LogP contribution in [0.25, 0.3) is 11.0 Å². The van der Waals surface area contributed by atoms with Gasteiger partial charge in [0, 0.05) is 5.02 Å². The van der Waals surface area contributed by atoms with Crippen molar-refractivity contribution < 1.29 is 14.8 Å². The number of nitrogens with two attached hydrogens (primary N) is 1. The van der Waals surface area contributed by atoms with Crippen LogP contribution in [0.5, 0.6) is 0 Å². The zero-order chi connectivity index (χ0) is 19.1. The van der Waals surface area contributed by atoms with Crippen LogP contribution >= 0.6 is 11.6 Å². The number of fused-ring (bicyclic) bond motifs is 1. The van der Waals surface area contributed by atoms with Crippen molar-refractivity contribution in [3.63, 3.8) is 0 Å².